The molecule has 0 spiro atoms. The largest absolute Gasteiger partial charge is 0.333 e. The monoisotopic (exact) mass is 399 g/mol. The molecule has 2 heteroatoms. The smallest absolute Gasteiger partial charge is 0.0629 e. The molecule has 0 amide bonds. The topological polar surface area (TPSA) is 3.24 Å². The van der Waals surface area contributed by atoms with E-state index >= 15 is 0 Å². The Balaban J connectivity index is 1.61. The molecule has 2 unspecified atom stereocenters. The Bertz CT molecular complexity index is 1020. The van der Waals surface area contributed by atoms with Crippen molar-refractivity contribution >= 4 is 27.3 Å². The summed E-state index contributed by atoms with van der Waals surface area (Å²) in [7, 11) is 0. The number of halogens is 1. The summed E-state index contributed by atoms with van der Waals surface area (Å²) in [5.74, 6) is 0.424. The van der Waals surface area contributed by atoms with E-state index < -0.39 is 0 Å². The highest BCUT2D eigenvalue weighted by Gasteiger charge is 2.36. The van der Waals surface area contributed by atoms with Crippen LogP contribution < -0.4 is 4.90 Å². The molecule has 0 fully saturated rings. The molecule has 1 heterocycles. The number of allylic oxidation sites excluding steroid dienone is 2. The van der Waals surface area contributed by atoms with Crippen LogP contribution in [0.1, 0.15) is 11.5 Å². The van der Waals surface area contributed by atoms with Gasteiger partial charge in [0.25, 0.3) is 0 Å². The van der Waals surface area contributed by atoms with Crippen molar-refractivity contribution in [1.82, 2.24) is 0 Å². The van der Waals surface area contributed by atoms with Crippen LogP contribution >= 0.6 is 15.9 Å². The Morgan fingerprint density at radius 1 is 0.731 bits per heavy atom. The molecule has 0 saturated heterocycles. The van der Waals surface area contributed by atoms with Crippen LogP contribution in [0, 0.1) is 0 Å². The second-order valence-corrected chi connectivity index (χ2v) is 7.69. The van der Waals surface area contributed by atoms with E-state index in [0.717, 1.165) is 4.47 Å². The lowest BCUT2D eigenvalue weighted by Gasteiger charge is -2.29. The highest BCUT2D eigenvalue weighted by Crippen LogP contribution is 2.47. The first-order valence-corrected chi connectivity index (χ1v) is 9.70. The molecule has 1 aliphatic carbocycles. The summed E-state index contributed by atoms with van der Waals surface area (Å²) in [6.45, 7) is 0. The molecule has 0 saturated carbocycles. The molecule has 0 N–H and O–H groups in total. The molecular weight excluding hydrogens is 382 g/mol. The number of nitrogens with zero attached hydrogens (tertiary/aromatic N) is 1. The van der Waals surface area contributed by atoms with Gasteiger partial charge in [-0.1, -0.05) is 82.7 Å². The fraction of sp³-hybridized carbons (Fsp3) is 0.0833. The maximum atomic E-state index is 3.52. The Morgan fingerprint density at radius 2 is 1.54 bits per heavy atom. The molecule has 3 aromatic carbocycles. The number of para-hydroxylation sites is 1. The quantitative estimate of drug-likeness (QED) is 0.455. The zero-order valence-corrected chi connectivity index (χ0v) is 15.8. The third-order valence-corrected chi connectivity index (χ3v) is 5.79. The predicted octanol–water partition coefficient (Wildman–Crippen LogP) is 6.85. The molecular formula is C24H18BrN. The van der Waals surface area contributed by atoms with E-state index in [9.17, 15) is 0 Å². The van der Waals surface area contributed by atoms with Gasteiger partial charge in [0.1, 0.15) is 0 Å². The van der Waals surface area contributed by atoms with Crippen LogP contribution in [0.25, 0.3) is 11.1 Å². The summed E-state index contributed by atoms with van der Waals surface area (Å²) >= 11 is 3.52. The Labute approximate surface area is 162 Å². The maximum absolute atomic E-state index is 3.52. The van der Waals surface area contributed by atoms with E-state index in [4.69, 9.17) is 0 Å². The van der Waals surface area contributed by atoms with Gasteiger partial charge in [-0.25, -0.2) is 0 Å². The average molecular weight is 400 g/mol. The first kappa shape index (κ1) is 15.7. The van der Waals surface area contributed by atoms with E-state index in [0.29, 0.717) is 12.0 Å². The van der Waals surface area contributed by atoms with Gasteiger partial charge < -0.3 is 4.90 Å². The van der Waals surface area contributed by atoms with Crippen molar-refractivity contribution in [3.63, 3.8) is 0 Å². The highest BCUT2D eigenvalue weighted by molar-refractivity contribution is 9.10. The van der Waals surface area contributed by atoms with Gasteiger partial charge in [0.2, 0.25) is 0 Å². The Kier molecular flexibility index (Phi) is 3.79. The normalized spacial score (nSPS) is 20.1. The molecule has 1 nitrogen and oxygen atoms in total. The first-order valence-electron chi connectivity index (χ1n) is 8.90. The first-order chi connectivity index (χ1) is 12.8. The van der Waals surface area contributed by atoms with Crippen LogP contribution in [0.2, 0.25) is 0 Å². The van der Waals surface area contributed by atoms with Crippen molar-refractivity contribution < 1.29 is 0 Å². The fourth-order valence-electron chi connectivity index (χ4n) is 4.07. The molecule has 2 aliphatic rings. The van der Waals surface area contributed by atoms with Crippen LogP contribution in [0.4, 0.5) is 11.4 Å². The molecule has 0 radical (unpaired) electrons. The average Bonchev–Trinajstić information content (AvgIpc) is 3.03. The van der Waals surface area contributed by atoms with Crippen molar-refractivity contribution in [3.8, 4) is 11.1 Å². The molecule has 126 valence electrons. The van der Waals surface area contributed by atoms with Crippen molar-refractivity contribution in [3.05, 3.63) is 107 Å². The molecule has 26 heavy (non-hydrogen) atoms. The zero-order chi connectivity index (χ0) is 17.5. The number of anilines is 2. The Hall–Kier alpha value is -2.58. The van der Waals surface area contributed by atoms with Crippen LogP contribution in [-0.4, -0.2) is 6.04 Å². The number of rotatable bonds is 2. The summed E-state index contributed by atoms with van der Waals surface area (Å²) in [5, 5.41) is 0. The van der Waals surface area contributed by atoms with Gasteiger partial charge >= 0.3 is 0 Å². The molecule has 2 atom stereocenters. The number of fused-ring (bicyclic) bond motifs is 3. The molecule has 1 aliphatic heterocycles. The summed E-state index contributed by atoms with van der Waals surface area (Å²) in [6, 6.07) is 26.5. The predicted molar refractivity (Wildman–Crippen MR) is 113 cm³/mol. The Morgan fingerprint density at radius 3 is 2.42 bits per heavy atom. The molecule has 3 aromatic rings. The van der Waals surface area contributed by atoms with Gasteiger partial charge in [-0.2, -0.15) is 0 Å². The molecule has 5 rings (SSSR count). The summed E-state index contributed by atoms with van der Waals surface area (Å²) in [6.07, 6.45) is 8.97. The van der Waals surface area contributed by atoms with Crippen LogP contribution in [0.3, 0.4) is 0 Å². The van der Waals surface area contributed by atoms with Gasteiger partial charge in [0.05, 0.1) is 6.04 Å². The highest BCUT2D eigenvalue weighted by atomic mass is 79.9. The van der Waals surface area contributed by atoms with E-state index in [2.05, 4.69) is 118 Å². The van der Waals surface area contributed by atoms with Crippen LogP contribution in [0.5, 0.6) is 0 Å². The third kappa shape index (κ3) is 2.53. The second kappa shape index (κ2) is 6.30. The van der Waals surface area contributed by atoms with Gasteiger partial charge in [-0.3, -0.25) is 0 Å². The van der Waals surface area contributed by atoms with E-state index in [1.165, 1.54) is 28.1 Å². The molecule has 0 aromatic heterocycles. The van der Waals surface area contributed by atoms with E-state index in [1.807, 2.05) is 0 Å². The summed E-state index contributed by atoms with van der Waals surface area (Å²) in [5.41, 5.74) is 6.44. The summed E-state index contributed by atoms with van der Waals surface area (Å²) < 4.78 is 1.10. The zero-order valence-electron chi connectivity index (χ0n) is 14.2. The van der Waals surface area contributed by atoms with Crippen molar-refractivity contribution in [2.45, 2.75) is 12.0 Å². The lowest BCUT2D eigenvalue weighted by atomic mass is 9.91. The van der Waals surface area contributed by atoms with Gasteiger partial charge in [-0.15, -0.1) is 0 Å². The third-order valence-electron chi connectivity index (χ3n) is 5.26. The van der Waals surface area contributed by atoms with Crippen LogP contribution in [0.15, 0.2) is 102 Å². The minimum absolute atomic E-state index is 0.345. The maximum Gasteiger partial charge on any atom is 0.0629 e. The number of benzene rings is 3. The fourth-order valence-corrected chi connectivity index (χ4v) is 4.33. The van der Waals surface area contributed by atoms with Crippen molar-refractivity contribution in [2.24, 2.45) is 0 Å². The van der Waals surface area contributed by atoms with Crippen LogP contribution in [-0.2, 0) is 0 Å². The lowest BCUT2D eigenvalue weighted by molar-refractivity contribution is 0.745. The second-order valence-electron chi connectivity index (χ2n) is 6.77. The van der Waals surface area contributed by atoms with Crippen molar-refractivity contribution in [1.29, 1.82) is 0 Å². The minimum atomic E-state index is 0.345. The summed E-state index contributed by atoms with van der Waals surface area (Å²) in [4.78, 5) is 2.47. The van der Waals surface area contributed by atoms with Gasteiger partial charge in [0, 0.05) is 21.8 Å². The molecule has 0 bridgehead atoms. The number of hydrogen-bond acceptors (Lipinski definition) is 1. The van der Waals surface area contributed by atoms with Gasteiger partial charge in [-0.05, 0) is 47.0 Å². The number of hydrogen-bond donors (Lipinski definition) is 0. The van der Waals surface area contributed by atoms with Gasteiger partial charge in [0.15, 0.2) is 0 Å². The van der Waals surface area contributed by atoms with E-state index in [1.54, 1.807) is 0 Å². The minimum Gasteiger partial charge on any atom is -0.333 e. The van der Waals surface area contributed by atoms with E-state index in [-0.39, 0.29) is 0 Å². The van der Waals surface area contributed by atoms with Crippen molar-refractivity contribution in [2.75, 3.05) is 4.90 Å². The SMILES string of the molecule is Brc1ccc(-c2cccc(N3c4ccccc4C4C=CC=CC43)c2)cc1. The standard InChI is InChI=1S/C24H18BrN/c25-19-14-12-17(13-15-19)18-6-5-7-20(16-18)26-23-10-3-1-8-21(23)22-9-2-4-11-24(22)26/h1-16,21,23H. The lowest BCUT2D eigenvalue weighted by Crippen LogP contribution is -2.28.